The van der Waals surface area contributed by atoms with E-state index in [1.54, 1.807) is 6.07 Å². The average molecular weight is 367 g/mol. The second-order valence-corrected chi connectivity index (χ2v) is 6.26. The maximum Gasteiger partial charge on any atom is 0.325 e. The number of nitrogens with one attached hydrogen (secondary N) is 2. The number of ether oxygens (including phenoxy) is 1. The van der Waals surface area contributed by atoms with Crippen LogP contribution in [0.25, 0.3) is 22.4 Å². The Morgan fingerprint density at radius 2 is 1.81 bits per heavy atom. The zero-order valence-corrected chi connectivity index (χ0v) is 15.7. The van der Waals surface area contributed by atoms with E-state index in [9.17, 15) is 9.59 Å². The molecule has 7 heteroatoms. The van der Waals surface area contributed by atoms with Crippen molar-refractivity contribution < 1.29 is 18.8 Å². The number of aryl methyl sites for hydroxylation is 3. The van der Waals surface area contributed by atoms with Gasteiger partial charge in [-0.3, -0.25) is 9.59 Å². The first-order valence-corrected chi connectivity index (χ1v) is 8.49. The Balaban J connectivity index is 1.81. The van der Waals surface area contributed by atoms with E-state index < -0.39 is 5.97 Å². The Kier molecular flexibility index (Phi) is 5.12. The highest BCUT2D eigenvalue weighted by molar-refractivity contribution is 5.98. The average Bonchev–Trinajstić information content (AvgIpc) is 3.21. The first kappa shape index (κ1) is 18.4. The van der Waals surface area contributed by atoms with Gasteiger partial charge in [-0.15, -0.1) is 0 Å². The van der Waals surface area contributed by atoms with Crippen molar-refractivity contribution in [3.05, 3.63) is 53.0 Å². The molecule has 0 radical (unpaired) electrons. The van der Waals surface area contributed by atoms with E-state index in [0.29, 0.717) is 5.56 Å². The molecular formula is C20H21N3O4. The van der Waals surface area contributed by atoms with Gasteiger partial charge in [-0.2, -0.15) is 0 Å². The van der Waals surface area contributed by atoms with Crippen molar-refractivity contribution in [1.29, 1.82) is 0 Å². The van der Waals surface area contributed by atoms with Crippen molar-refractivity contribution in [2.75, 3.05) is 13.7 Å². The minimum absolute atomic E-state index is 0.165. The quantitative estimate of drug-likeness (QED) is 0.675. The number of rotatable bonds is 5. The second-order valence-electron chi connectivity index (χ2n) is 6.26. The van der Waals surface area contributed by atoms with Crippen LogP contribution >= 0.6 is 0 Å². The number of carbonyl (C=O) groups is 2. The number of methoxy groups -OCH3 is 1. The molecule has 7 nitrogen and oxygen atoms in total. The van der Waals surface area contributed by atoms with Crippen molar-refractivity contribution >= 4 is 11.9 Å². The number of benzene rings is 1. The molecule has 0 fully saturated rings. The number of aromatic nitrogens is 2. The molecule has 0 aliphatic heterocycles. The number of hydrogen-bond donors (Lipinski definition) is 2. The van der Waals surface area contributed by atoms with Gasteiger partial charge in [0, 0.05) is 17.0 Å². The summed E-state index contributed by atoms with van der Waals surface area (Å²) in [6, 6.07) is 9.71. The number of hydrogen-bond acceptors (Lipinski definition) is 5. The van der Waals surface area contributed by atoms with Crippen molar-refractivity contribution in [2.24, 2.45) is 0 Å². The van der Waals surface area contributed by atoms with Crippen LogP contribution in [-0.2, 0) is 9.53 Å². The molecule has 2 heterocycles. The number of esters is 1. The van der Waals surface area contributed by atoms with Gasteiger partial charge in [0.25, 0.3) is 5.91 Å². The summed E-state index contributed by atoms with van der Waals surface area (Å²) in [6.45, 7) is 5.44. The van der Waals surface area contributed by atoms with Gasteiger partial charge >= 0.3 is 5.97 Å². The fourth-order valence-electron chi connectivity index (χ4n) is 2.98. The van der Waals surface area contributed by atoms with E-state index in [0.717, 1.165) is 39.5 Å². The molecule has 3 aromatic rings. The van der Waals surface area contributed by atoms with Crippen LogP contribution in [0.15, 0.2) is 34.9 Å². The molecule has 0 saturated heterocycles. The predicted octanol–water partition coefficient (Wildman–Crippen LogP) is 3.16. The second kappa shape index (κ2) is 7.49. The van der Waals surface area contributed by atoms with Crippen LogP contribution in [0.3, 0.4) is 0 Å². The van der Waals surface area contributed by atoms with E-state index in [4.69, 9.17) is 4.52 Å². The minimum Gasteiger partial charge on any atom is -0.468 e. The standard InChI is InChI=1S/C20H21N3O4/c1-11-16(20(25)21-10-18(24)26-4)9-17(22-11)14-5-7-15(8-6-14)19-12(2)23-27-13(19)3/h5-9,22H,10H2,1-4H3,(H,21,25). The molecule has 0 bridgehead atoms. The molecule has 3 rings (SSSR count). The van der Waals surface area contributed by atoms with E-state index in [1.807, 2.05) is 45.0 Å². The Hall–Kier alpha value is -3.35. The van der Waals surface area contributed by atoms with E-state index >= 15 is 0 Å². The molecular weight excluding hydrogens is 346 g/mol. The number of carbonyl (C=O) groups excluding carboxylic acids is 2. The highest BCUT2D eigenvalue weighted by Gasteiger charge is 2.16. The van der Waals surface area contributed by atoms with Crippen LogP contribution in [0.5, 0.6) is 0 Å². The highest BCUT2D eigenvalue weighted by Crippen LogP contribution is 2.29. The molecule has 0 atom stereocenters. The first-order chi connectivity index (χ1) is 12.9. The molecule has 2 N–H and O–H groups in total. The van der Waals surface area contributed by atoms with Gasteiger partial charge in [0.05, 0.1) is 18.4 Å². The summed E-state index contributed by atoms with van der Waals surface area (Å²) in [5.41, 5.74) is 5.84. The molecule has 0 spiro atoms. The smallest absolute Gasteiger partial charge is 0.325 e. The Morgan fingerprint density at radius 1 is 1.15 bits per heavy atom. The Morgan fingerprint density at radius 3 is 2.41 bits per heavy atom. The van der Waals surface area contributed by atoms with Gasteiger partial charge in [-0.1, -0.05) is 29.4 Å². The van der Waals surface area contributed by atoms with Crippen LogP contribution in [0.1, 0.15) is 27.5 Å². The lowest BCUT2D eigenvalue weighted by Crippen LogP contribution is -2.30. The lowest BCUT2D eigenvalue weighted by molar-refractivity contribution is -0.139. The Bertz CT molecular complexity index is 964. The van der Waals surface area contributed by atoms with Gasteiger partial charge in [0.15, 0.2) is 0 Å². The summed E-state index contributed by atoms with van der Waals surface area (Å²) in [5, 5.41) is 6.53. The lowest BCUT2D eigenvalue weighted by Gasteiger charge is -2.03. The molecule has 0 aliphatic rings. The predicted molar refractivity (Wildman–Crippen MR) is 100 cm³/mol. The van der Waals surface area contributed by atoms with Crippen LogP contribution in [0.4, 0.5) is 0 Å². The summed E-state index contributed by atoms with van der Waals surface area (Å²) in [4.78, 5) is 26.7. The van der Waals surface area contributed by atoms with E-state index in [1.165, 1.54) is 7.11 Å². The molecule has 140 valence electrons. The highest BCUT2D eigenvalue weighted by atomic mass is 16.5. The van der Waals surface area contributed by atoms with Gasteiger partial charge in [-0.05, 0) is 38.0 Å². The third-order valence-electron chi connectivity index (χ3n) is 4.40. The topological polar surface area (TPSA) is 97.2 Å². The van der Waals surface area contributed by atoms with Gasteiger partial charge in [0.1, 0.15) is 12.3 Å². The Labute approximate surface area is 156 Å². The molecule has 0 aliphatic carbocycles. The molecule has 2 aromatic heterocycles. The third-order valence-corrected chi connectivity index (χ3v) is 4.40. The van der Waals surface area contributed by atoms with Crippen molar-refractivity contribution in [1.82, 2.24) is 15.5 Å². The summed E-state index contributed by atoms with van der Waals surface area (Å²) in [6.07, 6.45) is 0. The summed E-state index contributed by atoms with van der Waals surface area (Å²) in [7, 11) is 1.28. The molecule has 1 amide bonds. The van der Waals surface area contributed by atoms with Crippen molar-refractivity contribution in [3.63, 3.8) is 0 Å². The number of H-pyrrole nitrogens is 1. The van der Waals surface area contributed by atoms with E-state index in [-0.39, 0.29) is 12.5 Å². The minimum atomic E-state index is -0.494. The van der Waals surface area contributed by atoms with Crippen molar-refractivity contribution in [3.8, 4) is 22.4 Å². The summed E-state index contributed by atoms with van der Waals surface area (Å²) < 4.78 is 9.75. The first-order valence-electron chi connectivity index (χ1n) is 8.49. The number of nitrogens with zero attached hydrogens (tertiary/aromatic N) is 1. The van der Waals surface area contributed by atoms with Crippen molar-refractivity contribution in [2.45, 2.75) is 20.8 Å². The fraction of sp³-hybridized carbons (Fsp3) is 0.250. The summed E-state index contributed by atoms with van der Waals surface area (Å²) >= 11 is 0. The maximum absolute atomic E-state index is 12.3. The zero-order valence-electron chi connectivity index (χ0n) is 15.7. The van der Waals surface area contributed by atoms with Crippen LogP contribution in [0.2, 0.25) is 0 Å². The van der Waals surface area contributed by atoms with Crippen LogP contribution in [-0.4, -0.2) is 35.7 Å². The zero-order chi connectivity index (χ0) is 19.6. The fourth-order valence-corrected chi connectivity index (χ4v) is 2.98. The monoisotopic (exact) mass is 367 g/mol. The lowest BCUT2D eigenvalue weighted by atomic mass is 10.0. The number of aromatic amines is 1. The van der Waals surface area contributed by atoms with Gasteiger partial charge in [-0.25, -0.2) is 0 Å². The van der Waals surface area contributed by atoms with Crippen LogP contribution in [0, 0.1) is 20.8 Å². The van der Waals surface area contributed by atoms with Gasteiger partial charge in [0.2, 0.25) is 0 Å². The SMILES string of the molecule is COC(=O)CNC(=O)c1cc(-c2ccc(-c3c(C)noc3C)cc2)[nH]c1C. The largest absolute Gasteiger partial charge is 0.468 e. The molecule has 0 saturated carbocycles. The maximum atomic E-state index is 12.3. The van der Waals surface area contributed by atoms with E-state index in [2.05, 4.69) is 20.2 Å². The van der Waals surface area contributed by atoms with Gasteiger partial charge < -0.3 is 19.6 Å². The normalized spacial score (nSPS) is 10.7. The molecule has 0 unspecified atom stereocenters. The third kappa shape index (κ3) is 3.76. The van der Waals surface area contributed by atoms with Crippen LogP contribution < -0.4 is 5.32 Å². The summed E-state index contributed by atoms with van der Waals surface area (Å²) in [5.74, 6) is -0.0417. The number of amides is 1. The molecule has 27 heavy (non-hydrogen) atoms. The molecule has 1 aromatic carbocycles.